The maximum absolute atomic E-state index is 13.8. The van der Waals surface area contributed by atoms with Crippen LogP contribution in [0.25, 0.3) is 0 Å². The van der Waals surface area contributed by atoms with E-state index in [1.807, 2.05) is 0 Å². The Morgan fingerprint density at radius 2 is 2.14 bits per heavy atom. The Kier molecular flexibility index (Phi) is 4.13. The van der Waals surface area contributed by atoms with Crippen molar-refractivity contribution >= 4 is 5.69 Å². The summed E-state index contributed by atoms with van der Waals surface area (Å²) in [7, 11) is 0. The van der Waals surface area contributed by atoms with Crippen LogP contribution in [-0.4, -0.2) is 15.0 Å². The highest BCUT2D eigenvalue weighted by atomic mass is 19.1. The quantitative estimate of drug-likeness (QED) is 0.690. The molecule has 7 heteroatoms. The number of hydrogen-bond acceptors (Lipinski definition) is 5. The molecule has 2 rings (SSSR count). The van der Waals surface area contributed by atoms with Gasteiger partial charge in [-0.25, -0.2) is 4.39 Å². The molecule has 110 valence electrons. The van der Waals surface area contributed by atoms with Crippen molar-refractivity contribution in [3.8, 4) is 11.5 Å². The molecule has 1 aromatic heterocycles. The molecular formula is C14H13FN2O4. The predicted molar refractivity (Wildman–Crippen MR) is 72.7 cm³/mol. The van der Waals surface area contributed by atoms with Gasteiger partial charge in [-0.05, 0) is 32.0 Å². The molecule has 2 aromatic rings. The van der Waals surface area contributed by atoms with Crippen molar-refractivity contribution in [1.82, 2.24) is 4.98 Å². The zero-order valence-corrected chi connectivity index (χ0v) is 11.4. The van der Waals surface area contributed by atoms with Crippen LogP contribution in [0.15, 0.2) is 30.5 Å². The zero-order chi connectivity index (χ0) is 15.6. The monoisotopic (exact) mass is 292 g/mol. The normalized spacial score (nSPS) is 12.0. The van der Waals surface area contributed by atoms with Crippen molar-refractivity contribution < 1.29 is 19.2 Å². The van der Waals surface area contributed by atoms with E-state index in [9.17, 15) is 19.6 Å². The summed E-state index contributed by atoms with van der Waals surface area (Å²) in [6.45, 7) is 3.07. The lowest BCUT2D eigenvalue weighted by atomic mass is 10.2. The molecule has 1 N–H and O–H groups in total. The molecular weight excluding hydrogens is 279 g/mol. The van der Waals surface area contributed by atoms with Gasteiger partial charge in [0.05, 0.1) is 29.0 Å². The molecule has 0 bridgehead atoms. The van der Waals surface area contributed by atoms with Crippen LogP contribution < -0.4 is 4.74 Å². The smallest absolute Gasteiger partial charge is 0.275 e. The number of aliphatic hydroxyl groups excluding tert-OH is 1. The first kappa shape index (κ1) is 14.9. The molecule has 1 heterocycles. The number of nitro groups is 1. The summed E-state index contributed by atoms with van der Waals surface area (Å²) < 4.78 is 19.1. The van der Waals surface area contributed by atoms with Crippen molar-refractivity contribution in [2.45, 2.75) is 20.0 Å². The first-order valence-corrected chi connectivity index (χ1v) is 6.15. The van der Waals surface area contributed by atoms with E-state index in [2.05, 4.69) is 4.98 Å². The number of rotatable bonds is 4. The molecule has 0 aliphatic rings. The van der Waals surface area contributed by atoms with Crippen LogP contribution in [0.5, 0.6) is 11.5 Å². The number of pyridine rings is 1. The van der Waals surface area contributed by atoms with E-state index in [0.29, 0.717) is 11.3 Å². The molecule has 0 fully saturated rings. The van der Waals surface area contributed by atoms with Crippen molar-refractivity contribution in [2.24, 2.45) is 0 Å². The second kappa shape index (κ2) is 5.84. The highest BCUT2D eigenvalue weighted by Gasteiger charge is 2.17. The van der Waals surface area contributed by atoms with Gasteiger partial charge in [0.1, 0.15) is 5.75 Å². The molecule has 1 atom stereocenters. The third-order valence-corrected chi connectivity index (χ3v) is 2.86. The van der Waals surface area contributed by atoms with Crippen molar-refractivity contribution in [3.63, 3.8) is 0 Å². The van der Waals surface area contributed by atoms with Crippen LogP contribution in [0, 0.1) is 22.9 Å². The van der Waals surface area contributed by atoms with Crippen LogP contribution >= 0.6 is 0 Å². The minimum Gasteiger partial charge on any atom is -0.453 e. The summed E-state index contributed by atoms with van der Waals surface area (Å²) in [4.78, 5) is 14.0. The average Bonchev–Trinajstić information content (AvgIpc) is 2.42. The van der Waals surface area contributed by atoms with Gasteiger partial charge in [-0.2, -0.15) is 0 Å². The maximum atomic E-state index is 13.8. The molecule has 21 heavy (non-hydrogen) atoms. The Hall–Kier alpha value is -2.54. The highest BCUT2D eigenvalue weighted by molar-refractivity contribution is 5.46. The molecule has 0 saturated heterocycles. The molecule has 0 aliphatic carbocycles. The number of ether oxygens (including phenoxy) is 1. The lowest BCUT2D eigenvalue weighted by Gasteiger charge is -2.09. The summed E-state index contributed by atoms with van der Waals surface area (Å²) in [5.74, 6) is -0.678. The van der Waals surface area contributed by atoms with Crippen LogP contribution in [0.3, 0.4) is 0 Å². The Bertz CT molecular complexity index is 671. The Morgan fingerprint density at radius 1 is 1.43 bits per heavy atom. The molecule has 0 aliphatic heterocycles. The summed E-state index contributed by atoms with van der Waals surface area (Å²) in [6, 6.07) is 5.17. The fourth-order valence-electron chi connectivity index (χ4n) is 1.75. The molecule has 0 saturated carbocycles. The van der Waals surface area contributed by atoms with E-state index in [4.69, 9.17) is 4.74 Å². The third-order valence-electron chi connectivity index (χ3n) is 2.86. The number of nitrogens with zero attached hydrogens (tertiary/aromatic N) is 2. The van der Waals surface area contributed by atoms with Gasteiger partial charge >= 0.3 is 0 Å². The topological polar surface area (TPSA) is 85.5 Å². The lowest BCUT2D eigenvalue weighted by Crippen LogP contribution is -1.97. The SMILES string of the molecule is Cc1cc(Oc2ccc([C@@H](C)O)nc2)c(F)cc1[N+](=O)[O-]. The molecule has 0 unspecified atom stereocenters. The van der Waals surface area contributed by atoms with E-state index in [0.717, 1.165) is 6.07 Å². The van der Waals surface area contributed by atoms with Gasteiger partial charge in [0.15, 0.2) is 11.6 Å². The first-order chi connectivity index (χ1) is 9.88. The third kappa shape index (κ3) is 3.32. The van der Waals surface area contributed by atoms with Gasteiger partial charge in [-0.1, -0.05) is 0 Å². The minimum atomic E-state index is -0.827. The van der Waals surface area contributed by atoms with Gasteiger partial charge in [-0.3, -0.25) is 15.1 Å². The Morgan fingerprint density at radius 3 is 2.67 bits per heavy atom. The van der Waals surface area contributed by atoms with Gasteiger partial charge in [0.25, 0.3) is 5.69 Å². The van der Waals surface area contributed by atoms with Gasteiger partial charge in [0.2, 0.25) is 0 Å². The number of aliphatic hydroxyl groups is 1. The van der Waals surface area contributed by atoms with Crippen molar-refractivity contribution in [2.75, 3.05) is 0 Å². The molecule has 0 spiro atoms. The minimum absolute atomic E-state index is 0.121. The molecule has 1 aromatic carbocycles. The highest BCUT2D eigenvalue weighted by Crippen LogP contribution is 2.30. The molecule has 6 nitrogen and oxygen atoms in total. The van der Waals surface area contributed by atoms with E-state index in [-0.39, 0.29) is 17.2 Å². The molecule has 0 radical (unpaired) electrons. The van der Waals surface area contributed by atoms with Gasteiger partial charge in [0, 0.05) is 5.56 Å². The fourth-order valence-corrected chi connectivity index (χ4v) is 1.75. The first-order valence-electron chi connectivity index (χ1n) is 6.15. The summed E-state index contributed by atoms with van der Waals surface area (Å²) in [6.07, 6.45) is 0.635. The molecule has 0 amide bonds. The number of hydrogen-bond donors (Lipinski definition) is 1. The fraction of sp³-hybridized carbons (Fsp3) is 0.214. The van der Waals surface area contributed by atoms with Crippen LogP contribution in [0.1, 0.15) is 24.3 Å². The van der Waals surface area contributed by atoms with E-state index in [1.54, 1.807) is 13.0 Å². The second-order valence-corrected chi connectivity index (χ2v) is 4.52. The van der Waals surface area contributed by atoms with Crippen LogP contribution in [0.4, 0.5) is 10.1 Å². The standard InChI is InChI=1S/C14H13FN2O4/c1-8-5-14(11(15)6-13(8)17(19)20)21-10-3-4-12(9(2)18)16-7-10/h3-7,9,18H,1-2H3/t9-/m1/s1. The van der Waals surface area contributed by atoms with Crippen LogP contribution in [-0.2, 0) is 0 Å². The Labute approximate surface area is 120 Å². The van der Waals surface area contributed by atoms with Gasteiger partial charge in [-0.15, -0.1) is 0 Å². The number of halogens is 1. The van der Waals surface area contributed by atoms with E-state index in [1.165, 1.54) is 25.3 Å². The lowest BCUT2D eigenvalue weighted by molar-refractivity contribution is -0.385. The number of aromatic nitrogens is 1. The summed E-state index contributed by atoms with van der Waals surface area (Å²) in [5.41, 5.74) is 0.454. The largest absolute Gasteiger partial charge is 0.453 e. The average molecular weight is 292 g/mol. The maximum Gasteiger partial charge on any atom is 0.275 e. The van der Waals surface area contributed by atoms with E-state index < -0.39 is 16.8 Å². The number of nitro benzene ring substituents is 1. The van der Waals surface area contributed by atoms with Gasteiger partial charge < -0.3 is 9.84 Å². The summed E-state index contributed by atoms with van der Waals surface area (Å²) >= 11 is 0. The van der Waals surface area contributed by atoms with Crippen molar-refractivity contribution in [3.05, 3.63) is 57.7 Å². The second-order valence-electron chi connectivity index (χ2n) is 4.52. The number of aryl methyl sites for hydroxylation is 1. The van der Waals surface area contributed by atoms with E-state index >= 15 is 0 Å². The van der Waals surface area contributed by atoms with Crippen molar-refractivity contribution in [1.29, 1.82) is 0 Å². The predicted octanol–water partition coefficient (Wildman–Crippen LogP) is 3.28. The summed E-state index contributed by atoms with van der Waals surface area (Å²) in [5, 5.41) is 20.0. The Balaban J connectivity index is 2.27. The number of benzene rings is 1. The van der Waals surface area contributed by atoms with Crippen LogP contribution in [0.2, 0.25) is 0 Å². The zero-order valence-electron chi connectivity index (χ0n) is 11.4.